The molecule has 0 unspecified atom stereocenters. The minimum absolute atomic E-state index is 0.194. The molecule has 2 aromatic carbocycles. The van der Waals surface area contributed by atoms with Crippen molar-refractivity contribution in [3.8, 4) is 17.0 Å². The second kappa shape index (κ2) is 6.52. The largest absolute Gasteiger partial charge is 0.507 e. The van der Waals surface area contributed by atoms with Gasteiger partial charge in [-0.1, -0.05) is 37.3 Å². The van der Waals surface area contributed by atoms with Gasteiger partial charge in [0.25, 0.3) is 0 Å². The number of aromatic hydroxyl groups is 1. The molecule has 5 nitrogen and oxygen atoms in total. The molecule has 26 heavy (non-hydrogen) atoms. The first-order chi connectivity index (χ1) is 12.7. The predicted molar refractivity (Wildman–Crippen MR) is 104 cm³/mol. The molecule has 0 fully saturated rings. The fraction of sp³-hybridized carbons (Fsp3) is 0.143. The lowest BCUT2D eigenvalue weighted by Gasteiger charge is -2.15. The van der Waals surface area contributed by atoms with Crippen LogP contribution in [0, 0.1) is 6.92 Å². The van der Waals surface area contributed by atoms with Crippen molar-refractivity contribution in [1.29, 1.82) is 0 Å². The van der Waals surface area contributed by atoms with E-state index in [-0.39, 0.29) is 5.75 Å². The number of imidazole rings is 1. The van der Waals surface area contributed by atoms with E-state index in [0.717, 1.165) is 23.5 Å². The minimum atomic E-state index is 0.194. The Kier molecular flexibility index (Phi) is 4.05. The van der Waals surface area contributed by atoms with Gasteiger partial charge in [0.05, 0.1) is 0 Å². The number of benzene rings is 2. The summed E-state index contributed by atoms with van der Waals surface area (Å²) in [5.41, 5.74) is 4.80. The zero-order chi connectivity index (χ0) is 18.1. The molecule has 5 heteroatoms. The molecular formula is C21H20N4O. The lowest BCUT2D eigenvalue weighted by molar-refractivity contribution is 0.477. The summed E-state index contributed by atoms with van der Waals surface area (Å²) in [4.78, 5) is 9.01. The maximum absolute atomic E-state index is 10.3. The van der Waals surface area contributed by atoms with Gasteiger partial charge in [0.2, 0.25) is 5.78 Å². The summed E-state index contributed by atoms with van der Waals surface area (Å²) in [7, 11) is 0. The fourth-order valence-corrected chi connectivity index (χ4v) is 3.19. The summed E-state index contributed by atoms with van der Waals surface area (Å²) in [5, 5.41) is 13.9. The van der Waals surface area contributed by atoms with E-state index in [1.165, 1.54) is 5.56 Å². The monoisotopic (exact) mass is 344 g/mol. The third-order valence-electron chi connectivity index (χ3n) is 4.55. The maximum Gasteiger partial charge on any atom is 0.235 e. The summed E-state index contributed by atoms with van der Waals surface area (Å²) in [6.07, 6.45) is 4.56. The molecule has 2 aromatic heterocycles. The Bertz CT molecular complexity index is 1080. The molecule has 0 saturated carbocycles. The number of aryl methyl sites for hydroxylation is 2. The highest BCUT2D eigenvalue weighted by atomic mass is 16.3. The van der Waals surface area contributed by atoms with Crippen molar-refractivity contribution in [1.82, 2.24) is 14.4 Å². The fourth-order valence-electron chi connectivity index (χ4n) is 3.19. The van der Waals surface area contributed by atoms with E-state index in [9.17, 15) is 5.11 Å². The molecule has 0 aliphatic carbocycles. The lowest BCUT2D eigenvalue weighted by Crippen LogP contribution is -2.02. The molecular weight excluding hydrogens is 324 g/mol. The van der Waals surface area contributed by atoms with Crippen molar-refractivity contribution in [3.63, 3.8) is 0 Å². The van der Waals surface area contributed by atoms with Gasteiger partial charge in [0.15, 0.2) is 0 Å². The Morgan fingerprint density at radius 1 is 1.08 bits per heavy atom. The van der Waals surface area contributed by atoms with Crippen molar-refractivity contribution in [2.45, 2.75) is 20.3 Å². The number of phenolic OH excluding ortho intramolecular Hbond substituents is 1. The van der Waals surface area contributed by atoms with E-state index in [1.807, 2.05) is 28.8 Å². The van der Waals surface area contributed by atoms with Crippen molar-refractivity contribution >= 4 is 17.3 Å². The molecule has 4 aromatic rings. The van der Waals surface area contributed by atoms with Crippen LogP contribution in [0.15, 0.2) is 60.9 Å². The Labute approximate surface area is 152 Å². The van der Waals surface area contributed by atoms with E-state index in [4.69, 9.17) is 0 Å². The van der Waals surface area contributed by atoms with Crippen LogP contribution in [-0.4, -0.2) is 19.5 Å². The predicted octanol–water partition coefficient (Wildman–Crippen LogP) is 4.72. The molecule has 2 N–H and O–H groups in total. The Morgan fingerprint density at radius 3 is 2.73 bits per heavy atom. The summed E-state index contributed by atoms with van der Waals surface area (Å²) in [5.74, 6) is 1.57. The molecule has 130 valence electrons. The van der Waals surface area contributed by atoms with E-state index in [0.29, 0.717) is 17.0 Å². The highest BCUT2D eigenvalue weighted by Crippen LogP contribution is 2.36. The molecule has 0 saturated heterocycles. The van der Waals surface area contributed by atoms with Crippen LogP contribution in [-0.2, 0) is 6.42 Å². The SMILES string of the molecule is CCc1cccc(C)c1Nc1c(-c2ccccc2O)nc2ncccn12. The number of rotatable bonds is 4. The molecule has 0 atom stereocenters. The number of fused-ring (bicyclic) bond motifs is 1. The van der Waals surface area contributed by atoms with Gasteiger partial charge in [0.1, 0.15) is 17.3 Å². The third kappa shape index (κ3) is 2.67. The number of para-hydroxylation sites is 2. The first-order valence-electron chi connectivity index (χ1n) is 8.66. The van der Waals surface area contributed by atoms with Gasteiger partial charge >= 0.3 is 0 Å². The Hall–Kier alpha value is -3.34. The summed E-state index contributed by atoms with van der Waals surface area (Å²) < 4.78 is 1.91. The van der Waals surface area contributed by atoms with Crippen molar-refractivity contribution in [2.75, 3.05) is 5.32 Å². The number of anilines is 2. The molecule has 0 bridgehead atoms. The van der Waals surface area contributed by atoms with Gasteiger partial charge in [0, 0.05) is 23.6 Å². The normalized spacial score (nSPS) is 11.0. The molecule has 0 spiro atoms. The topological polar surface area (TPSA) is 62.5 Å². The molecule has 0 radical (unpaired) electrons. The summed E-state index contributed by atoms with van der Waals surface area (Å²) >= 11 is 0. The molecule has 0 amide bonds. The standard InChI is InChI=1S/C21H20N4O/c1-3-15-9-6-8-14(2)18(15)23-20-19(16-10-4-5-11-17(16)26)24-21-22-12-7-13-25(20)21/h4-13,23,26H,3H2,1-2H3. The quantitative estimate of drug-likeness (QED) is 0.562. The van der Waals surface area contributed by atoms with Crippen molar-refractivity contribution in [2.24, 2.45) is 0 Å². The first kappa shape index (κ1) is 16.1. The molecule has 0 aliphatic rings. The number of nitrogens with zero attached hydrogens (tertiary/aromatic N) is 3. The van der Waals surface area contributed by atoms with E-state index >= 15 is 0 Å². The van der Waals surface area contributed by atoms with Crippen molar-refractivity contribution < 1.29 is 5.11 Å². The second-order valence-electron chi connectivity index (χ2n) is 6.20. The van der Waals surface area contributed by atoms with E-state index < -0.39 is 0 Å². The minimum Gasteiger partial charge on any atom is -0.507 e. The van der Waals surface area contributed by atoms with Crippen LogP contribution in [0.1, 0.15) is 18.1 Å². The van der Waals surface area contributed by atoms with Gasteiger partial charge in [-0.25, -0.2) is 9.97 Å². The molecule has 4 rings (SSSR count). The zero-order valence-corrected chi connectivity index (χ0v) is 14.8. The van der Waals surface area contributed by atoms with Gasteiger partial charge in [-0.2, -0.15) is 0 Å². The third-order valence-corrected chi connectivity index (χ3v) is 4.55. The van der Waals surface area contributed by atoms with Crippen LogP contribution in [0.5, 0.6) is 5.75 Å². The van der Waals surface area contributed by atoms with Crippen LogP contribution in [0.2, 0.25) is 0 Å². The number of hydrogen-bond donors (Lipinski definition) is 2. The van der Waals surface area contributed by atoms with Crippen molar-refractivity contribution in [3.05, 3.63) is 72.1 Å². The Morgan fingerprint density at radius 2 is 1.92 bits per heavy atom. The van der Waals surface area contributed by atoms with Gasteiger partial charge in [-0.3, -0.25) is 4.40 Å². The molecule has 2 heterocycles. The van der Waals surface area contributed by atoms with Crippen LogP contribution >= 0.6 is 0 Å². The zero-order valence-electron chi connectivity index (χ0n) is 14.8. The Balaban J connectivity index is 1.95. The number of phenols is 1. The molecule has 0 aliphatic heterocycles. The van der Waals surface area contributed by atoms with Crippen LogP contribution in [0.25, 0.3) is 17.0 Å². The number of nitrogens with one attached hydrogen (secondary N) is 1. The van der Waals surface area contributed by atoms with Gasteiger partial charge in [-0.05, 0) is 42.7 Å². The number of hydrogen-bond acceptors (Lipinski definition) is 4. The van der Waals surface area contributed by atoms with E-state index in [1.54, 1.807) is 18.3 Å². The first-order valence-corrected chi connectivity index (χ1v) is 8.66. The van der Waals surface area contributed by atoms with Gasteiger partial charge in [-0.15, -0.1) is 0 Å². The maximum atomic E-state index is 10.3. The highest BCUT2D eigenvalue weighted by Gasteiger charge is 2.18. The summed E-state index contributed by atoms with van der Waals surface area (Å²) in [6, 6.07) is 15.4. The lowest BCUT2D eigenvalue weighted by atomic mass is 10.1. The van der Waals surface area contributed by atoms with Crippen LogP contribution in [0.4, 0.5) is 11.5 Å². The average molecular weight is 344 g/mol. The average Bonchev–Trinajstić information content (AvgIpc) is 3.02. The van der Waals surface area contributed by atoms with Crippen LogP contribution in [0.3, 0.4) is 0 Å². The van der Waals surface area contributed by atoms with Crippen LogP contribution < -0.4 is 5.32 Å². The smallest absolute Gasteiger partial charge is 0.235 e. The number of aromatic nitrogens is 3. The highest BCUT2D eigenvalue weighted by molar-refractivity contribution is 5.83. The second-order valence-corrected chi connectivity index (χ2v) is 6.20. The van der Waals surface area contributed by atoms with E-state index in [2.05, 4.69) is 47.3 Å². The van der Waals surface area contributed by atoms with Gasteiger partial charge < -0.3 is 10.4 Å². The summed E-state index contributed by atoms with van der Waals surface area (Å²) in [6.45, 7) is 4.22.